The van der Waals surface area contributed by atoms with Gasteiger partial charge in [0.1, 0.15) is 0 Å². The topological polar surface area (TPSA) is 0 Å². The van der Waals surface area contributed by atoms with Gasteiger partial charge in [-0.2, -0.15) is 0 Å². The van der Waals surface area contributed by atoms with Crippen LogP contribution in [0.1, 0.15) is 381 Å². The lowest BCUT2D eigenvalue weighted by atomic mass is 9.66. The molecule has 0 spiro atoms. The highest BCUT2D eigenvalue weighted by molar-refractivity contribution is 4.86. The minimum atomic E-state index is 0.833. The maximum atomic E-state index is 2.17. The zero-order valence-electron chi connectivity index (χ0n) is 56.7. The van der Waals surface area contributed by atoms with Gasteiger partial charge in [-0.1, -0.05) is 356 Å². The molecule has 456 valence electrons. The van der Waals surface area contributed by atoms with Gasteiger partial charge in [0.15, 0.2) is 0 Å². The fraction of sp³-hybridized carbons (Fsp3) is 1.00. The van der Waals surface area contributed by atoms with Gasteiger partial charge in [0.2, 0.25) is 0 Å². The molecule has 12 aliphatic rings. The Morgan fingerprint density at radius 1 is 0.118 bits per heavy atom. The van der Waals surface area contributed by atoms with Crippen LogP contribution in [0, 0.1) is 107 Å². The van der Waals surface area contributed by atoms with E-state index in [2.05, 4.69) is 125 Å². The summed E-state index contributed by atoms with van der Waals surface area (Å²) in [6, 6.07) is 0. The second-order valence-corrected chi connectivity index (χ2v) is 32.1. The van der Waals surface area contributed by atoms with Crippen LogP contribution in [0.3, 0.4) is 0 Å². The maximum absolute atomic E-state index is 2.17. The Morgan fingerprint density at radius 3 is 0.250 bits per heavy atom. The van der Waals surface area contributed by atoms with E-state index >= 15 is 0 Å². The van der Waals surface area contributed by atoms with Gasteiger partial charge in [0.25, 0.3) is 0 Å². The fourth-order valence-corrected chi connectivity index (χ4v) is 15.2. The number of hydrogen-bond acceptors (Lipinski definition) is 0. The van der Waals surface area contributed by atoms with E-state index in [9.17, 15) is 0 Å². The minimum Gasteiger partial charge on any atom is -0.0630 e. The van der Waals surface area contributed by atoms with E-state index in [1.54, 1.807) is 154 Å². The molecule has 0 aromatic rings. The molecule has 0 N–H and O–H groups in total. The van der Waals surface area contributed by atoms with E-state index in [1.165, 1.54) is 174 Å². The summed E-state index contributed by atoms with van der Waals surface area (Å²) in [7, 11) is 0. The molecular weight excluding hydrogens is 913 g/mol. The van der Waals surface area contributed by atoms with Crippen LogP contribution >= 0.6 is 0 Å². The van der Waals surface area contributed by atoms with Gasteiger partial charge >= 0.3 is 0 Å². The highest BCUT2D eigenvalue weighted by Crippen LogP contribution is 2.47. The van der Waals surface area contributed by atoms with Crippen LogP contribution in [-0.4, -0.2) is 0 Å². The van der Waals surface area contributed by atoms with Crippen LogP contribution in [0.4, 0.5) is 0 Å². The Bertz CT molecular complexity index is 957. The first-order valence-electron chi connectivity index (χ1n) is 36.2. The quantitative estimate of drug-likeness (QED) is 0.227. The van der Waals surface area contributed by atoms with Crippen molar-refractivity contribution in [1.82, 2.24) is 0 Å². The van der Waals surface area contributed by atoms with Gasteiger partial charge in [-0.05, 0) is 132 Å². The normalized spacial score (nSPS) is 32.5. The molecule has 12 atom stereocenters. The van der Waals surface area contributed by atoms with E-state index < -0.39 is 0 Å². The average Bonchev–Trinajstić information content (AvgIpc) is 4.18. The third-order valence-electron chi connectivity index (χ3n) is 18.8. The predicted octanol–water partition coefficient (Wildman–Crippen LogP) is 27.1. The van der Waals surface area contributed by atoms with Crippen molar-refractivity contribution in [1.29, 1.82) is 0 Å². The van der Waals surface area contributed by atoms with Crippen LogP contribution in [0.25, 0.3) is 0 Å². The third-order valence-corrected chi connectivity index (χ3v) is 18.8. The molecule has 0 nitrogen and oxygen atoms in total. The van der Waals surface area contributed by atoms with Crippen LogP contribution in [0.5, 0.6) is 0 Å². The predicted molar refractivity (Wildman–Crippen MR) is 350 cm³/mol. The van der Waals surface area contributed by atoms with Gasteiger partial charge in [-0.3, -0.25) is 0 Å². The zero-order chi connectivity index (χ0) is 56.7. The van der Waals surface area contributed by atoms with Gasteiger partial charge in [0.05, 0.1) is 0 Å². The zero-order valence-corrected chi connectivity index (χ0v) is 56.7. The van der Waals surface area contributed by atoms with Crippen LogP contribution in [0.2, 0.25) is 0 Å². The molecule has 0 heterocycles. The molecule has 0 aromatic heterocycles. The van der Waals surface area contributed by atoms with Gasteiger partial charge in [-0.25, -0.2) is 0 Å². The summed E-state index contributed by atoms with van der Waals surface area (Å²) in [5.74, 6) is 19.1. The molecule has 0 bridgehead atoms. The standard InChI is InChI=1S/4C9H16.2C8H14.6C4H10/c4*1-2-5-9-7-3-6-8(9)4-1;2*1-2-4-8-6-5-7(8)3-1;6*1-4(2)3/h4*8-9H,1-7H2;2*7-8H,1-6H2;6*4H,1-3H3. The van der Waals surface area contributed by atoms with Crippen molar-refractivity contribution >= 4 is 0 Å². The summed E-state index contributed by atoms with van der Waals surface area (Å²) in [4.78, 5) is 0. The van der Waals surface area contributed by atoms with Crippen molar-refractivity contribution in [3.05, 3.63) is 0 Å². The first-order valence-corrected chi connectivity index (χ1v) is 36.2. The highest BCUT2D eigenvalue weighted by Gasteiger charge is 2.34. The van der Waals surface area contributed by atoms with E-state index in [0.717, 1.165) is 35.5 Å². The lowest BCUT2D eigenvalue weighted by molar-refractivity contribution is 0.115. The smallest absolute Gasteiger partial charge is 0.0386 e. The molecule has 0 aromatic carbocycles. The van der Waals surface area contributed by atoms with Crippen molar-refractivity contribution < 1.29 is 0 Å². The number of hydrogen-bond donors (Lipinski definition) is 0. The summed E-state index contributed by atoms with van der Waals surface area (Å²) in [6.45, 7) is 39.0. The second kappa shape index (κ2) is 46.5. The van der Waals surface area contributed by atoms with E-state index in [4.69, 9.17) is 0 Å². The Hall–Kier alpha value is 0. The molecule has 76 heavy (non-hydrogen) atoms. The van der Waals surface area contributed by atoms with Crippen molar-refractivity contribution in [2.24, 2.45) is 107 Å². The van der Waals surface area contributed by atoms with Crippen molar-refractivity contribution in [2.75, 3.05) is 0 Å². The monoisotopic (exact) mass is 1070 g/mol. The molecule has 12 unspecified atom stereocenters. The molecule has 12 aliphatic carbocycles. The van der Waals surface area contributed by atoms with Crippen LogP contribution in [0.15, 0.2) is 0 Å². The molecule has 0 aliphatic heterocycles. The average molecular weight is 1070 g/mol. The Morgan fingerprint density at radius 2 is 0.184 bits per heavy atom. The Labute approximate surface area is 485 Å². The Balaban J connectivity index is 0.000000422. The first kappa shape index (κ1) is 74.0. The summed E-state index contributed by atoms with van der Waals surface area (Å²) in [5.41, 5.74) is 0. The van der Waals surface area contributed by atoms with Gasteiger partial charge in [0, 0.05) is 0 Å². The van der Waals surface area contributed by atoms with Crippen molar-refractivity contribution in [2.45, 2.75) is 381 Å². The third kappa shape index (κ3) is 39.4. The van der Waals surface area contributed by atoms with Crippen LogP contribution in [-0.2, 0) is 0 Å². The summed E-state index contributed by atoms with van der Waals surface area (Å²) in [6.07, 6.45) is 61.9. The summed E-state index contributed by atoms with van der Waals surface area (Å²) >= 11 is 0. The number of fused-ring (bicyclic) bond motifs is 6. The molecule has 0 amide bonds. The Kier molecular flexibility index (Phi) is 45.3. The molecule has 0 heteroatoms. The lowest BCUT2D eigenvalue weighted by Gasteiger charge is -2.40. The van der Waals surface area contributed by atoms with Crippen molar-refractivity contribution in [3.8, 4) is 0 Å². The van der Waals surface area contributed by atoms with E-state index in [0.29, 0.717) is 0 Å². The number of rotatable bonds is 0. The second-order valence-electron chi connectivity index (χ2n) is 32.1. The molecule has 12 fully saturated rings. The van der Waals surface area contributed by atoms with Gasteiger partial charge < -0.3 is 0 Å². The molecule has 12 rings (SSSR count). The molecule has 12 saturated carbocycles. The highest BCUT2D eigenvalue weighted by atomic mass is 14.4. The fourth-order valence-electron chi connectivity index (χ4n) is 15.2. The summed E-state index contributed by atoms with van der Waals surface area (Å²) in [5, 5.41) is 0. The summed E-state index contributed by atoms with van der Waals surface area (Å²) < 4.78 is 0. The lowest BCUT2D eigenvalue weighted by Crippen LogP contribution is -2.28. The van der Waals surface area contributed by atoms with E-state index in [-0.39, 0.29) is 0 Å². The molecular formula is C76H152. The van der Waals surface area contributed by atoms with E-state index in [1.807, 2.05) is 0 Å². The van der Waals surface area contributed by atoms with Crippen molar-refractivity contribution in [3.63, 3.8) is 0 Å². The molecule has 0 saturated heterocycles. The molecule has 0 radical (unpaired) electrons. The minimum absolute atomic E-state index is 0.833. The maximum Gasteiger partial charge on any atom is -0.0386 e. The largest absolute Gasteiger partial charge is 0.0630 e. The first-order chi connectivity index (χ1) is 36.2. The SMILES string of the molecule is C1CCC2CCC2C1.C1CCC2CCC2C1.C1CCC2CCCC2C1.C1CCC2CCCC2C1.C1CCC2CCCC2C1.C1CCC2CCCC2C1.CC(C)C.CC(C)C.CC(C)C.CC(C)C.CC(C)C.CC(C)C. The van der Waals surface area contributed by atoms with Gasteiger partial charge in [-0.15, -0.1) is 0 Å². The van der Waals surface area contributed by atoms with Crippen LogP contribution < -0.4 is 0 Å².